The summed E-state index contributed by atoms with van der Waals surface area (Å²) in [6.07, 6.45) is 4.90. The van der Waals surface area contributed by atoms with E-state index in [2.05, 4.69) is 10.3 Å². The third-order valence-electron chi connectivity index (χ3n) is 4.26. The van der Waals surface area contributed by atoms with Crippen molar-refractivity contribution in [2.24, 2.45) is 5.41 Å². The van der Waals surface area contributed by atoms with Crippen LogP contribution in [-0.4, -0.2) is 27.7 Å². The second-order valence-corrected chi connectivity index (χ2v) is 5.51. The van der Waals surface area contributed by atoms with E-state index in [9.17, 15) is 14.4 Å². The lowest BCUT2D eigenvalue weighted by atomic mass is 9.82. The van der Waals surface area contributed by atoms with Crippen molar-refractivity contribution in [2.45, 2.75) is 45.6 Å². The van der Waals surface area contributed by atoms with Crippen LogP contribution in [0.3, 0.4) is 0 Å². The smallest absolute Gasteiger partial charge is 0.331 e. The van der Waals surface area contributed by atoms with Crippen LogP contribution in [0.1, 0.15) is 44.3 Å². The molecule has 1 aromatic heterocycles. The number of amides is 4. The Balaban J connectivity index is 1.85. The molecule has 0 bridgehead atoms. The topological polar surface area (TPSA) is 92.5 Å². The number of nitrogens with one attached hydrogen (secondary N) is 1. The number of hydrogen-bond donors (Lipinski definition) is 1. The molecule has 3 rings (SSSR count). The van der Waals surface area contributed by atoms with E-state index in [1.54, 1.807) is 6.20 Å². The van der Waals surface area contributed by atoms with Crippen LogP contribution in [0.4, 0.5) is 4.79 Å². The molecule has 1 aliphatic heterocycles. The Morgan fingerprint density at radius 2 is 2.05 bits per heavy atom. The Labute approximate surface area is 121 Å². The average Bonchev–Trinajstić information content (AvgIpc) is 3.12. The van der Waals surface area contributed by atoms with Crippen molar-refractivity contribution < 1.29 is 18.8 Å². The Kier molecular flexibility index (Phi) is 3.27. The summed E-state index contributed by atoms with van der Waals surface area (Å²) in [5.41, 5.74) is -1.08. The van der Waals surface area contributed by atoms with Crippen molar-refractivity contribution in [1.82, 2.24) is 15.2 Å². The van der Waals surface area contributed by atoms with Gasteiger partial charge in [0.2, 0.25) is 17.7 Å². The molecule has 21 heavy (non-hydrogen) atoms. The first kappa shape index (κ1) is 13.8. The van der Waals surface area contributed by atoms with Gasteiger partial charge in [0.15, 0.2) is 0 Å². The summed E-state index contributed by atoms with van der Waals surface area (Å²) in [5.74, 6) is 0.109. The van der Waals surface area contributed by atoms with Crippen molar-refractivity contribution in [3.63, 3.8) is 0 Å². The van der Waals surface area contributed by atoms with Gasteiger partial charge >= 0.3 is 6.03 Å². The molecule has 1 aromatic rings. The first-order valence-electron chi connectivity index (χ1n) is 7.18. The van der Waals surface area contributed by atoms with Crippen molar-refractivity contribution in [3.05, 3.63) is 17.8 Å². The van der Waals surface area contributed by atoms with E-state index in [1.165, 1.54) is 0 Å². The van der Waals surface area contributed by atoms with Gasteiger partial charge in [-0.05, 0) is 12.8 Å². The minimum atomic E-state index is -1.08. The van der Waals surface area contributed by atoms with Gasteiger partial charge in [-0.2, -0.15) is 0 Å². The Morgan fingerprint density at radius 1 is 1.33 bits per heavy atom. The number of hydrogen-bond acceptors (Lipinski definition) is 5. The van der Waals surface area contributed by atoms with Crippen LogP contribution < -0.4 is 5.32 Å². The highest BCUT2D eigenvalue weighted by atomic mass is 16.4. The number of imide groups is 2. The molecule has 2 fully saturated rings. The van der Waals surface area contributed by atoms with Crippen molar-refractivity contribution in [1.29, 1.82) is 0 Å². The van der Waals surface area contributed by atoms with Gasteiger partial charge in [-0.15, -0.1) is 0 Å². The lowest BCUT2D eigenvalue weighted by Gasteiger charge is -2.36. The molecule has 1 spiro atoms. The number of rotatable bonds is 3. The number of urea groups is 1. The third-order valence-corrected chi connectivity index (χ3v) is 4.26. The van der Waals surface area contributed by atoms with Gasteiger partial charge in [0.05, 0.1) is 6.20 Å². The van der Waals surface area contributed by atoms with Gasteiger partial charge in [-0.25, -0.2) is 9.78 Å². The zero-order valence-electron chi connectivity index (χ0n) is 11.8. The molecular weight excluding hydrogens is 274 g/mol. The number of nitrogens with zero attached hydrogens (tertiary/aromatic N) is 2. The lowest BCUT2D eigenvalue weighted by Crippen LogP contribution is -2.62. The Morgan fingerprint density at radius 3 is 2.67 bits per heavy atom. The maximum atomic E-state index is 12.6. The van der Waals surface area contributed by atoms with Crippen molar-refractivity contribution in [2.75, 3.05) is 0 Å². The Bertz CT molecular complexity index is 601. The summed E-state index contributed by atoms with van der Waals surface area (Å²) in [7, 11) is 0. The molecule has 0 radical (unpaired) electrons. The summed E-state index contributed by atoms with van der Waals surface area (Å²) >= 11 is 0. The molecular formula is C14H17N3O4. The van der Waals surface area contributed by atoms with Gasteiger partial charge < -0.3 is 4.42 Å². The predicted molar refractivity (Wildman–Crippen MR) is 70.9 cm³/mol. The van der Waals surface area contributed by atoms with E-state index in [-0.39, 0.29) is 6.54 Å². The van der Waals surface area contributed by atoms with E-state index >= 15 is 0 Å². The fraction of sp³-hybridized carbons (Fsp3) is 0.571. The molecule has 1 saturated heterocycles. The van der Waals surface area contributed by atoms with E-state index in [4.69, 9.17) is 4.42 Å². The standard InChI is InChI=1S/C14H17N3O4/c1-2-9-7-15-10(21-9)8-17-12(19)14(5-3-4-6-14)11(18)16-13(17)20/h7H,2-6,8H2,1H3,(H,16,18,20). The predicted octanol–water partition coefficient (Wildman–Crippen LogP) is 1.38. The van der Waals surface area contributed by atoms with Gasteiger partial charge in [0.1, 0.15) is 17.7 Å². The highest BCUT2D eigenvalue weighted by Gasteiger charge is 2.55. The number of carbonyl (C=O) groups is 3. The highest BCUT2D eigenvalue weighted by Crippen LogP contribution is 2.42. The monoisotopic (exact) mass is 291 g/mol. The minimum Gasteiger partial charge on any atom is -0.444 e. The molecule has 0 aromatic carbocycles. The van der Waals surface area contributed by atoms with Crippen molar-refractivity contribution in [3.8, 4) is 0 Å². The molecule has 1 N–H and O–H groups in total. The molecule has 7 nitrogen and oxygen atoms in total. The molecule has 7 heteroatoms. The second kappa shape index (κ2) is 4.98. The number of aromatic nitrogens is 1. The van der Waals surface area contributed by atoms with Crippen LogP contribution in [0.25, 0.3) is 0 Å². The molecule has 0 atom stereocenters. The zero-order chi connectivity index (χ0) is 15.0. The number of carbonyl (C=O) groups excluding carboxylic acids is 3. The van der Waals surface area contributed by atoms with Crippen LogP contribution in [0.2, 0.25) is 0 Å². The highest BCUT2D eigenvalue weighted by molar-refractivity contribution is 6.19. The van der Waals surface area contributed by atoms with Crippen LogP contribution in [0, 0.1) is 5.41 Å². The fourth-order valence-corrected chi connectivity index (χ4v) is 3.01. The van der Waals surface area contributed by atoms with Gasteiger partial charge in [0, 0.05) is 6.42 Å². The first-order chi connectivity index (χ1) is 10.1. The first-order valence-corrected chi connectivity index (χ1v) is 7.18. The molecule has 1 aliphatic carbocycles. The summed E-state index contributed by atoms with van der Waals surface area (Å²) in [5, 5.41) is 2.29. The zero-order valence-corrected chi connectivity index (χ0v) is 11.8. The molecule has 0 unspecified atom stereocenters. The van der Waals surface area contributed by atoms with Crippen molar-refractivity contribution >= 4 is 17.8 Å². The molecule has 1 saturated carbocycles. The summed E-state index contributed by atoms with van der Waals surface area (Å²) in [6.45, 7) is 1.88. The van der Waals surface area contributed by atoms with E-state index in [0.29, 0.717) is 30.9 Å². The van der Waals surface area contributed by atoms with Gasteiger partial charge in [0.25, 0.3) is 0 Å². The van der Waals surface area contributed by atoms with Crippen LogP contribution in [-0.2, 0) is 22.6 Å². The number of oxazole rings is 1. The maximum absolute atomic E-state index is 12.6. The molecule has 4 amide bonds. The summed E-state index contributed by atoms with van der Waals surface area (Å²) in [4.78, 5) is 41.7. The van der Waals surface area contributed by atoms with Crippen LogP contribution in [0.15, 0.2) is 10.6 Å². The van der Waals surface area contributed by atoms with E-state index < -0.39 is 23.3 Å². The fourth-order valence-electron chi connectivity index (χ4n) is 3.01. The minimum absolute atomic E-state index is 0.0420. The van der Waals surface area contributed by atoms with E-state index in [1.807, 2.05) is 6.92 Å². The maximum Gasteiger partial charge on any atom is 0.331 e. The number of aryl methyl sites for hydroxylation is 1. The average molecular weight is 291 g/mol. The quantitative estimate of drug-likeness (QED) is 0.849. The van der Waals surface area contributed by atoms with Crippen LogP contribution in [0.5, 0.6) is 0 Å². The summed E-state index contributed by atoms with van der Waals surface area (Å²) < 4.78 is 5.44. The third kappa shape index (κ3) is 2.12. The van der Waals surface area contributed by atoms with Gasteiger partial charge in [-0.1, -0.05) is 19.8 Å². The number of barbiturate groups is 1. The second-order valence-electron chi connectivity index (χ2n) is 5.51. The SMILES string of the molecule is CCc1cnc(CN2C(=O)NC(=O)C3(CCCC3)C2=O)o1. The lowest BCUT2D eigenvalue weighted by molar-refractivity contribution is -0.151. The summed E-state index contributed by atoms with van der Waals surface area (Å²) in [6, 6.07) is -0.696. The van der Waals surface area contributed by atoms with Gasteiger partial charge in [-0.3, -0.25) is 19.8 Å². The van der Waals surface area contributed by atoms with E-state index in [0.717, 1.165) is 17.7 Å². The molecule has 2 aliphatic rings. The largest absolute Gasteiger partial charge is 0.444 e. The Hall–Kier alpha value is -2.18. The molecule has 2 heterocycles. The normalized spacial score (nSPS) is 21.2. The molecule has 112 valence electrons. The van der Waals surface area contributed by atoms with Crippen LogP contribution >= 0.6 is 0 Å².